The monoisotopic (exact) mass is 182 g/mol. The molecule has 0 spiro atoms. The predicted octanol–water partition coefficient (Wildman–Crippen LogP) is 1.33. The summed E-state index contributed by atoms with van der Waals surface area (Å²) in [6.07, 6.45) is 8.97. The summed E-state index contributed by atoms with van der Waals surface area (Å²) in [7, 11) is 0. The minimum absolute atomic E-state index is 0.119. The summed E-state index contributed by atoms with van der Waals surface area (Å²) in [5, 5.41) is 18.6. The van der Waals surface area contributed by atoms with E-state index in [9.17, 15) is 10.2 Å². The van der Waals surface area contributed by atoms with Gasteiger partial charge in [0, 0.05) is 5.41 Å². The van der Waals surface area contributed by atoms with E-state index in [0.717, 1.165) is 25.7 Å². The third-order valence-electron chi connectivity index (χ3n) is 3.90. The molecule has 2 atom stereocenters. The van der Waals surface area contributed by atoms with E-state index in [2.05, 4.69) is 12.2 Å². The van der Waals surface area contributed by atoms with Gasteiger partial charge in [-0.15, -0.1) is 0 Å². The highest BCUT2D eigenvalue weighted by molar-refractivity contribution is 5.11. The van der Waals surface area contributed by atoms with E-state index < -0.39 is 0 Å². The van der Waals surface area contributed by atoms with Crippen molar-refractivity contribution in [3.63, 3.8) is 0 Å². The van der Waals surface area contributed by atoms with Gasteiger partial charge in [0.25, 0.3) is 0 Å². The van der Waals surface area contributed by atoms with E-state index in [4.69, 9.17) is 0 Å². The third-order valence-corrected chi connectivity index (χ3v) is 3.90. The SMILES string of the molecule is OCC1(CO)C2CCC=CCCC21. The Bertz CT molecular complexity index is 188. The van der Waals surface area contributed by atoms with Crippen LogP contribution in [-0.2, 0) is 0 Å². The molecule has 0 radical (unpaired) electrons. The average Bonchev–Trinajstić information content (AvgIpc) is 2.71. The lowest BCUT2D eigenvalue weighted by Crippen LogP contribution is -2.16. The lowest BCUT2D eigenvalue weighted by atomic mass is 10.0. The van der Waals surface area contributed by atoms with Crippen LogP contribution in [0.5, 0.6) is 0 Å². The van der Waals surface area contributed by atoms with Crippen molar-refractivity contribution >= 4 is 0 Å². The van der Waals surface area contributed by atoms with Gasteiger partial charge in [-0.1, -0.05) is 12.2 Å². The fourth-order valence-electron chi connectivity index (χ4n) is 2.95. The molecule has 2 rings (SSSR count). The molecule has 1 fully saturated rings. The van der Waals surface area contributed by atoms with Crippen LogP contribution in [-0.4, -0.2) is 23.4 Å². The summed E-state index contributed by atoms with van der Waals surface area (Å²) in [5.41, 5.74) is -0.119. The molecule has 1 saturated carbocycles. The first-order chi connectivity index (χ1) is 6.35. The Morgan fingerprint density at radius 2 is 1.46 bits per heavy atom. The van der Waals surface area contributed by atoms with Crippen molar-refractivity contribution in [3.8, 4) is 0 Å². The normalized spacial score (nSPS) is 36.2. The minimum atomic E-state index is -0.119. The quantitative estimate of drug-likeness (QED) is 0.633. The Balaban J connectivity index is 2.05. The summed E-state index contributed by atoms with van der Waals surface area (Å²) in [6, 6.07) is 0. The molecule has 0 heterocycles. The summed E-state index contributed by atoms with van der Waals surface area (Å²) < 4.78 is 0. The van der Waals surface area contributed by atoms with Crippen molar-refractivity contribution in [1.29, 1.82) is 0 Å². The van der Waals surface area contributed by atoms with E-state index in [0.29, 0.717) is 11.8 Å². The lowest BCUT2D eigenvalue weighted by Gasteiger charge is -2.10. The fourth-order valence-corrected chi connectivity index (χ4v) is 2.95. The zero-order chi connectivity index (χ0) is 9.31. The number of hydrogen-bond donors (Lipinski definition) is 2. The first-order valence-electron chi connectivity index (χ1n) is 5.22. The molecule has 0 aromatic heterocycles. The lowest BCUT2D eigenvalue weighted by molar-refractivity contribution is 0.111. The number of fused-ring (bicyclic) bond motifs is 1. The molecule has 0 aromatic rings. The molecule has 0 bridgehead atoms. The van der Waals surface area contributed by atoms with Gasteiger partial charge in [-0.05, 0) is 37.5 Å². The maximum atomic E-state index is 9.29. The molecule has 0 aromatic carbocycles. The summed E-state index contributed by atoms with van der Waals surface area (Å²) >= 11 is 0. The van der Waals surface area contributed by atoms with Gasteiger partial charge in [0.2, 0.25) is 0 Å². The smallest absolute Gasteiger partial charge is 0.0514 e. The molecular formula is C11H18O2. The van der Waals surface area contributed by atoms with Gasteiger partial charge < -0.3 is 10.2 Å². The zero-order valence-corrected chi connectivity index (χ0v) is 7.95. The third kappa shape index (κ3) is 1.32. The maximum absolute atomic E-state index is 9.29. The van der Waals surface area contributed by atoms with Crippen molar-refractivity contribution in [2.45, 2.75) is 25.7 Å². The van der Waals surface area contributed by atoms with Gasteiger partial charge in [0.15, 0.2) is 0 Å². The minimum Gasteiger partial charge on any atom is -0.396 e. The van der Waals surface area contributed by atoms with Gasteiger partial charge in [-0.2, -0.15) is 0 Å². The molecule has 0 saturated heterocycles. The Hall–Kier alpha value is -0.340. The van der Waals surface area contributed by atoms with E-state index in [-0.39, 0.29) is 18.6 Å². The Kier molecular flexibility index (Phi) is 2.43. The van der Waals surface area contributed by atoms with Crippen molar-refractivity contribution in [1.82, 2.24) is 0 Å². The van der Waals surface area contributed by atoms with E-state index >= 15 is 0 Å². The van der Waals surface area contributed by atoms with E-state index in [1.54, 1.807) is 0 Å². The van der Waals surface area contributed by atoms with Crippen LogP contribution in [0.2, 0.25) is 0 Å². The van der Waals surface area contributed by atoms with Crippen LogP contribution in [0.1, 0.15) is 25.7 Å². The standard InChI is InChI=1S/C11H18O2/c12-7-11(8-13)9-5-3-1-2-4-6-10(9)11/h1-2,9-10,12-13H,3-8H2. The molecular weight excluding hydrogens is 164 g/mol. The maximum Gasteiger partial charge on any atom is 0.0514 e. The van der Waals surface area contributed by atoms with Crippen LogP contribution in [0.15, 0.2) is 12.2 Å². The van der Waals surface area contributed by atoms with Crippen molar-refractivity contribution < 1.29 is 10.2 Å². The van der Waals surface area contributed by atoms with Crippen LogP contribution in [0.4, 0.5) is 0 Å². The van der Waals surface area contributed by atoms with Gasteiger partial charge in [0.05, 0.1) is 13.2 Å². The first-order valence-corrected chi connectivity index (χ1v) is 5.22. The molecule has 74 valence electrons. The second kappa shape index (κ2) is 3.43. The van der Waals surface area contributed by atoms with Crippen molar-refractivity contribution in [3.05, 3.63) is 12.2 Å². The largest absolute Gasteiger partial charge is 0.396 e. The summed E-state index contributed by atoms with van der Waals surface area (Å²) in [5.74, 6) is 1.15. The van der Waals surface area contributed by atoms with Crippen LogP contribution in [0.25, 0.3) is 0 Å². The van der Waals surface area contributed by atoms with Crippen molar-refractivity contribution in [2.75, 3.05) is 13.2 Å². The highest BCUT2D eigenvalue weighted by atomic mass is 16.3. The number of aliphatic hydroxyl groups is 2. The average molecular weight is 182 g/mol. The Labute approximate surface area is 79.3 Å². The molecule has 2 N–H and O–H groups in total. The number of allylic oxidation sites excluding steroid dienone is 2. The van der Waals surface area contributed by atoms with Gasteiger partial charge in [-0.3, -0.25) is 0 Å². The predicted molar refractivity (Wildman–Crippen MR) is 51.2 cm³/mol. The molecule has 13 heavy (non-hydrogen) atoms. The zero-order valence-electron chi connectivity index (χ0n) is 7.95. The van der Waals surface area contributed by atoms with Gasteiger partial charge >= 0.3 is 0 Å². The molecule has 2 nitrogen and oxygen atoms in total. The highest BCUT2D eigenvalue weighted by Crippen LogP contribution is 2.62. The second-order valence-electron chi connectivity index (χ2n) is 4.39. The van der Waals surface area contributed by atoms with Crippen LogP contribution in [0, 0.1) is 17.3 Å². The number of hydrogen-bond acceptors (Lipinski definition) is 2. The second-order valence-corrected chi connectivity index (χ2v) is 4.39. The van der Waals surface area contributed by atoms with Crippen LogP contribution >= 0.6 is 0 Å². The number of rotatable bonds is 2. The van der Waals surface area contributed by atoms with Gasteiger partial charge in [-0.25, -0.2) is 0 Å². The topological polar surface area (TPSA) is 40.5 Å². The number of aliphatic hydroxyl groups excluding tert-OH is 2. The molecule has 2 aliphatic carbocycles. The molecule has 2 aliphatic rings. The first kappa shape index (κ1) is 9.22. The Morgan fingerprint density at radius 3 is 1.85 bits per heavy atom. The molecule has 0 aliphatic heterocycles. The Morgan fingerprint density at radius 1 is 1.00 bits per heavy atom. The van der Waals surface area contributed by atoms with Crippen LogP contribution in [0.3, 0.4) is 0 Å². The van der Waals surface area contributed by atoms with Crippen LogP contribution < -0.4 is 0 Å². The van der Waals surface area contributed by atoms with E-state index in [1.807, 2.05) is 0 Å². The van der Waals surface area contributed by atoms with E-state index in [1.165, 1.54) is 0 Å². The highest BCUT2D eigenvalue weighted by Gasteiger charge is 2.62. The summed E-state index contributed by atoms with van der Waals surface area (Å²) in [4.78, 5) is 0. The molecule has 2 heteroatoms. The molecule has 2 unspecified atom stereocenters. The summed E-state index contributed by atoms with van der Waals surface area (Å²) in [6.45, 7) is 0.331. The van der Waals surface area contributed by atoms with Gasteiger partial charge in [0.1, 0.15) is 0 Å². The van der Waals surface area contributed by atoms with Crippen molar-refractivity contribution in [2.24, 2.45) is 17.3 Å². The molecule has 0 amide bonds. The fraction of sp³-hybridized carbons (Fsp3) is 0.818.